The van der Waals surface area contributed by atoms with Gasteiger partial charge in [0.05, 0.1) is 5.92 Å². The van der Waals surface area contributed by atoms with Crippen LogP contribution in [0, 0.1) is 5.92 Å². The molecule has 1 unspecified atom stereocenters. The molecule has 5 nitrogen and oxygen atoms in total. The minimum absolute atomic E-state index is 0.0362. The van der Waals surface area contributed by atoms with Gasteiger partial charge in [-0.3, -0.25) is 9.59 Å². The fraction of sp³-hybridized carbons (Fsp3) is 0.545. The number of aromatic nitrogens is 1. The first-order valence-electron chi connectivity index (χ1n) is 5.62. The number of nitrogens with one attached hydrogen (secondary N) is 1. The van der Waals surface area contributed by atoms with Crippen LogP contribution in [-0.4, -0.2) is 34.8 Å². The summed E-state index contributed by atoms with van der Waals surface area (Å²) in [7, 11) is 0. The van der Waals surface area contributed by atoms with Crippen molar-refractivity contribution in [2.24, 2.45) is 5.92 Å². The number of hydrogen-bond acceptors (Lipinski definition) is 4. The number of thiazole rings is 1. The Morgan fingerprint density at radius 2 is 2.41 bits per heavy atom. The van der Waals surface area contributed by atoms with Gasteiger partial charge in [-0.05, 0) is 12.8 Å². The Kier molecular flexibility index (Phi) is 3.73. The average Bonchev–Trinajstić information content (AvgIpc) is 2.82. The van der Waals surface area contributed by atoms with Crippen LogP contribution in [0.25, 0.3) is 0 Å². The molecule has 1 aliphatic rings. The molecule has 0 spiro atoms. The molecule has 1 saturated heterocycles. The first-order valence-corrected chi connectivity index (χ1v) is 6.50. The molecule has 1 fully saturated rings. The Hall–Kier alpha value is -1.43. The molecular formula is C11H15N3O2S. The van der Waals surface area contributed by atoms with Gasteiger partial charge in [0.15, 0.2) is 5.13 Å². The van der Waals surface area contributed by atoms with Gasteiger partial charge in [-0.15, -0.1) is 11.3 Å². The first-order chi connectivity index (χ1) is 8.16. The predicted molar refractivity (Wildman–Crippen MR) is 65.7 cm³/mol. The van der Waals surface area contributed by atoms with Gasteiger partial charge in [-0.25, -0.2) is 4.98 Å². The van der Waals surface area contributed by atoms with Crippen molar-refractivity contribution in [1.82, 2.24) is 9.88 Å². The highest BCUT2D eigenvalue weighted by molar-refractivity contribution is 7.13. The number of carbonyl (C=O) groups is 2. The summed E-state index contributed by atoms with van der Waals surface area (Å²) in [5.41, 5.74) is 0. The molecule has 1 aromatic rings. The zero-order valence-corrected chi connectivity index (χ0v) is 10.5. The van der Waals surface area contributed by atoms with E-state index in [9.17, 15) is 9.59 Å². The molecule has 17 heavy (non-hydrogen) atoms. The number of amides is 2. The largest absolute Gasteiger partial charge is 0.342 e. The van der Waals surface area contributed by atoms with E-state index in [2.05, 4.69) is 10.3 Å². The minimum atomic E-state index is -0.114. The molecule has 0 aliphatic carbocycles. The van der Waals surface area contributed by atoms with E-state index in [-0.39, 0.29) is 17.7 Å². The maximum Gasteiger partial charge on any atom is 0.231 e. The zero-order chi connectivity index (χ0) is 12.3. The van der Waals surface area contributed by atoms with Crippen molar-refractivity contribution < 1.29 is 9.59 Å². The van der Waals surface area contributed by atoms with Gasteiger partial charge in [0.25, 0.3) is 0 Å². The summed E-state index contributed by atoms with van der Waals surface area (Å²) in [5.74, 6) is -0.112. The maximum atomic E-state index is 12.0. The summed E-state index contributed by atoms with van der Waals surface area (Å²) in [6, 6.07) is 0. The normalized spacial score (nSPS) is 20.1. The van der Waals surface area contributed by atoms with E-state index >= 15 is 0 Å². The van der Waals surface area contributed by atoms with E-state index in [1.54, 1.807) is 18.0 Å². The lowest BCUT2D eigenvalue weighted by Crippen LogP contribution is -2.42. The molecular weight excluding hydrogens is 238 g/mol. The summed E-state index contributed by atoms with van der Waals surface area (Å²) >= 11 is 1.40. The third kappa shape index (κ3) is 3.03. The molecule has 2 heterocycles. The first kappa shape index (κ1) is 12.0. The average molecular weight is 253 g/mol. The van der Waals surface area contributed by atoms with E-state index < -0.39 is 0 Å². The lowest BCUT2D eigenvalue weighted by Gasteiger charge is -2.30. The van der Waals surface area contributed by atoms with Gasteiger partial charge in [0.2, 0.25) is 11.8 Å². The topological polar surface area (TPSA) is 62.3 Å². The predicted octanol–water partition coefficient (Wildman–Crippen LogP) is 1.34. The number of hydrogen-bond donors (Lipinski definition) is 1. The van der Waals surface area contributed by atoms with Crippen molar-refractivity contribution in [3.63, 3.8) is 0 Å². The van der Waals surface area contributed by atoms with Crippen molar-refractivity contribution >= 4 is 28.3 Å². The number of rotatable bonds is 2. The lowest BCUT2D eigenvalue weighted by atomic mass is 9.97. The monoisotopic (exact) mass is 253 g/mol. The summed E-state index contributed by atoms with van der Waals surface area (Å²) in [5, 5.41) is 5.22. The van der Waals surface area contributed by atoms with E-state index in [1.165, 1.54) is 11.3 Å². The molecule has 92 valence electrons. The molecule has 0 saturated carbocycles. The molecule has 2 rings (SSSR count). The third-order valence-corrected chi connectivity index (χ3v) is 3.59. The van der Waals surface area contributed by atoms with Crippen LogP contribution < -0.4 is 5.32 Å². The van der Waals surface area contributed by atoms with Crippen LogP contribution in [0.4, 0.5) is 5.13 Å². The molecule has 0 radical (unpaired) electrons. The highest BCUT2D eigenvalue weighted by Gasteiger charge is 2.27. The van der Waals surface area contributed by atoms with Gasteiger partial charge in [0, 0.05) is 31.6 Å². The van der Waals surface area contributed by atoms with Crippen LogP contribution in [0.1, 0.15) is 19.8 Å². The highest BCUT2D eigenvalue weighted by atomic mass is 32.1. The quantitative estimate of drug-likeness (QED) is 0.865. The minimum Gasteiger partial charge on any atom is -0.342 e. The molecule has 1 aliphatic heterocycles. The fourth-order valence-corrected chi connectivity index (χ4v) is 2.50. The molecule has 0 bridgehead atoms. The van der Waals surface area contributed by atoms with E-state index in [4.69, 9.17) is 0 Å². The lowest BCUT2D eigenvalue weighted by molar-refractivity contribution is -0.132. The van der Waals surface area contributed by atoms with Crippen LogP contribution in [0.3, 0.4) is 0 Å². The Morgan fingerprint density at radius 3 is 3.06 bits per heavy atom. The van der Waals surface area contributed by atoms with Crippen LogP contribution >= 0.6 is 11.3 Å². The second-order valence-electron chi connectivity index (χ2n) is 4.13. The second kappa shape index (κ2) is 5.27. The summed E-state index contributed by atoms with van der Waals surface area (Å²) in [6.07, 6.45) is 3.37. The van der Waals surface area contributed by atoms with E-state index in [0.717, 1.165) is 19.4 Å². The summed E-state index contributed by atoms with van der Waals surface area (Å²) < 4.78 is 0. The molecule has 0 aromatic carbocycles. The Balaban J connectivity index is 1.93. The smallest absolute Gasteiger partial charge is 0.231 e. The third-order valence-electron chi connectivity index (χ3n) is 2.90. The molecule has 2 amide bonds. The van der Waals surface area contributed by atoms with Crippen molar-refractivity contribution in [1.29, 1.82) is 0 Å². The Bertz CT molecular complexity index is 405. The highest BCUT2D eigenvalue weighted by Crippen LogP contribution is 2.19. The number of nitrogens with zero attached hydrogens (tertiary/aromatic N) is 2. The maximum absolute atomic E-state index is 12.0. The van der Waals surface area contributed by atoms with Crippen molar-refractivity contribution in [2.75, 3.05) is 18.4 Å². The molecule has 1 N–H and O–H groups in total. The van der Waals surface area contributed by atoms with Gasteiger partial charge >= 0.3 is 0 Å². The molecule has 6 heteroatoms. The molecule has 1 aromatic heterocycles. The van der Waals surface area contributed by atoms with Gasteiger partial charge < -0.3 is 10.2 Å². The number of anilines is 1. The van der Waals surface area contributed by atoms with Crippen molar-refractivity contribution in [3.8, 4) is 0 Å². The summed E-state index contributed by atoms with van der Waals surface area (Å²) in [4.78, 5) is 29.0. The van der Waals surface area contributed by atoms with Crippen molar-refractivity contribution in [3.05, 3.63) is 11.6 Å². The van der Waals surface area contributed by atoms with Gasteiger partial charge in [-0.2, -0.15) is 0 Å². The van der Waals surface area contributed by atoms with Crippen LogP contribution in [0.5, 0.6) is 0 Å². The van der Waals surface area contributed by atoms with Crippen LogP contribution in [0.2, 0.25) is 0 Å². The second-order valence-corrected chi connectivity index (χ2v) is 5.03. The fourth-order valence-electron chi connectivity index (χ4n) is 1.97. The van der Waals surface area contributed by atoms with Gasteiger partial charge in [-0.1, -0.05) is 0 Å². The zero-order valence-electron chi connectivity index (χ0n) is 9.68. The van der Waals surface area contributed by atoms with E-state index in [1.807, 2.05) is 5.38 Å². The number of likely N-dealkylation sites (tertiary alicyclic amines) is 1. The SMILES string of the molecule is CC(=O)N1CCCC(C(=O)Nc2nccs2)C1. The number of piperidine rings is 1. The Labute approximate surface area is 104 Å². The Morgan fingerprint density at radius 1 is 1.59 bits per heavy atom. The molecule has 1 atom stereocenters. The van der Waals surface area contributed by atoms with Crippen LogP contribution in [0.15, 0.2) is 11.6 Å². The van der Waals surface area contributed by atoms with Crippen molar-refractivity contribution in [2.45, 2.75) is 19.8 Å². The number of carbonyl (C=O) groups excluding carboxylic acids is 2. The van der Waals surface area contributed by atoms with Gasteiger partial charge in [0.1, 0.15) is 0 Å². The van der Waals surface area contributed by atoms with Crippen LogP contribution in [-0.2, 0) is 9.59 Å². The van der Waals surface area contributed by atoms with E-state index in [0.29, 0.717) is 11.7 Å². The summed E-state index contributed by atoms with van der Waals surface area (Å²) in [6.45, 7) is 2.82. The standard InChI is InChI=1S/C11H15N3O2S/c1-8(15)14-5-2-3-9(7-14)10(16)13-11-12-4-6-17-11/h4,6,9H,2-3,5,7H2,1H3,(H,12,13,16).